The van der Waals surface area contributed by atoms with E-state index in [9.17, 15) is 4.79 Å². The second kappa shape index (κ2) is 4.65. The van der Waals surface area contributed by atoms with Crippen LogP contribution in [0.15, 0.2) is 6.20 Å². The Hall–Kier alpha value is -1.36. The van der Waals surface area contributed by atoms with Crippen LogP contribution in [0.3, 0.4) is 0 Å². The first-order valence-electron chi connectivity index (χ1n) is 5.79. The minimum absolute atomic E-state index is 0.0630. The molecule has 1 amide bonds. The molecule has 5 nitrogen and oxygen atoms in total. The van der Waals surface area contributed by atoms with Crippen LogP contribution in [0.25, 0.3) is 0 Å². The van der Waals surface area contributed by atoms with Crippen LogP contribution in [-0.4, -0.2) is 28.7 Å². The molecule has 16 heavy (non-hydrogen) atoms. The lowest BCUT2D eigenvalue weighted by atomic mass is 10.0. The molecule has 1 saturated heterocycles. The first-order chi connectivity index (χ1) is 7.72. The van der Waals surface area contributed by atoms with Gasteiger partial charge >= 0.3 is 0 Å². The second-order valence-corrected chi connectivity index (χ2v) is 4.25. The predicted octanol–water partition coefficient (Wildman–Crippen LogP) is 0.909. The van der Waals surface area contributed by atoms with Gasteiger partial charge in [-0.25, -0.2) is 0 Å². The Morgan fingerprint density at radius 2 is 2.50 bits per heavy atom. The van der Waals surface area contributed by atoms with Crippen LogP contribution >= 0.6 is 0 Å². The minimum Gasteiger partial charge on any atom is -0.313 e. The number of hydrogen-bond donors (Lipinski definition) is 3. The number of carbonyl (C=O) groups is 1. The number of anilines is 1. The van der Waals surface area contributed by atoms with Crippen molar-refractivity contribution in [3.63, 3.8) is 0 Å². The molecule has 0 aromatic carbocycles. The van der Waals surface area contributed by atoms with Gasteiger partial charge < -0.3 is 10.6 Å². The zero-order chi connectivity index (χ0) is 11.5. The molecule has 0 spiro atoms. The molecule has 3 N–H and O–H groups in total. The lowest BCUT2D eigenvalue weighted by Gasteiger charge is -2.14. The number of H-pyrrole nitrogens is 1. The summed E-state index contributed by atoms with van der Waals surface area (Å²) in [5.74, 6) is 0.885. The molecule has 5 heteroatoms. The van der Waals surface area contributed by atoms with Crippen molar-refractivity contribution < 1.29 is 4.79 Å². The van der Waals surface area contributed by atoms with Gasteiger partial charge in [0.25, 0.3) is 0 Å². The lowest BCUT2D eigenvalue weighted by molar-refractivity contribution is -0.120. The average molecular weight is 222 g/mol. The van der Waals surface area contributed by atoms with Crippen molar-refractivity contribution in [2.75, 3.05) is 11.9 Å². The molecule has 88 valence electrons. The van der Waals surface area contributed by atoms with E-state index < -0.39 is 0 Å². The molecule has 1 aromatic heterocycles. The van der Waals surface area contributed by atoms with Gasteiger partial charge in [0, 0.05) is 11.6 Å². The number of rotatable bonds is 3. The fourth-order valence-electron chi connectivity index (χ4n) is 2.12. The monoisotopic (exact) mass is 222 g/mol. The van der Waals surface area contributed by atoms with Crippen molar-refractivity contribution in [1.29, 1.82) is 0 Å². The first-order valence-corrected chi connectivity index (χ1v) is 5.79. The molecule has 0 bridgehead atoms. The van der Waals surface area contributed by atoms with Crippen molar-refractivity contribution in [3.05, 3.63) is 11.8 Å². The fourth-order valence-corrected chi connectivity index (χ4v) is 2.12. The van der Waals surface area contributed by atoms with Gasteiger partial charge in [-0.05, 0) is 26.3 Å². The number of hydrogen-bond acceptors (Lipinski definition) is 3. The zero-order valence-corrected chi connectivity index (χ0v) is 9.71. The van der Waals surface area contributed by atoms with E-state index in [0.29, 0.717) is 0 Å². The number of nitrogens with zero attached hydrogens (tertiary/aromatic N) is 1. The van der Waals surface area contributed by atoms with Crippen LogP contribution in [0, 0.1) is 5.92 Å². The van der Waals surface area contributed by atoms with Crippen LogP contribution in [0.1, 0.15) is 25.8 Å². The number of aryl methyl sites for hydroxylation is 1. The summed E-state index contributed by atoms with van der Waals surface area (Å²) in [6.45, 7) is 5.01. The maximum absolute atomic E-state index is 12.0. The summed E-state index contributed by atoms with van der Waals surface area (Å²) in [4.78, 5) is 12.0. The quantitative estimate of drug-likeness (QED) is 0.712. The van der Waals surface area contributed by atoms with Crippen molar-refractivity contribution in [2.45, 2.75) is 32.7 Å². The summed E-state index contributed by atoms with van der Waals surface area (Å²) in [6.07, 6.45) is 3.53. The smallest absolute Gasteiger partial charge is 0.230 e. The standard InChI is InChI=1S/C11H18N4O/c1-3-8-6-13-15-10(8)14-11(16)9-4-5-12-7(9)2/h6-7,9,12H,3-5H2,1-2H3,(H2,13,14,15,16). The Kier molecular flexibility index (Phi) is 3.24. The molecular formula is C11H18N4O. The maximum Gasteiger partial charge on any atom is 0.230 e. The zero-order valence-electron chi connectivity index (χ0n) is 9.71. The Morgan fingerprint density at radius 1 is 1.69 bits per heavy atom. The van der Waals surface area contributed by atoms with Crippen LogP contribution in [0.2, 0.25) is 0 Å². The molecule has 1 aromatic rings. The molecule has 2 atom stereocenters. The SMILES string of the molecule is CCc1cn[nH]c1NC(=O)C1CCNC1C. The fraction of sp³-hybridized carbons (Fsp3) is 0.636. The highest BCUT2D eigenvalue weighted by atomic mass is 16.2. The van der Waals surface area contributed by atoms with Gasteiger partial charge in [-0.15, -0.1) is 0 Å². The van der Waals surface area contributed by atoms with Crippen LogP contribution in [0.4, 0.5) is 5.82 Å². The van der Waals surface area contributed by atoms with Gasteiger partial charge in [0.1, 0.15) is 5.82 Å². The third-order valence-corrected chi connectivity index (χ3v) is 3.21. The third-order valence-electron chi connectivity index (χ3n) is 3.21. The Balaban J connectivity index is 2.02. The van der Waals surface area contributed by atoms with Gasteiger partial charge in [-0.2, -0.15) is 5.10 Å². The molecule has 0 aliphatic carbocycles. The molecule has 2 unspecified atom stereocenters. The molecule has 1 aliphatic heterocycles. The van der Waals surface area contributed by atoms with E-state index in [1.165, 1.54) is 0 Å². The Morgan fingerprint density at radius 3 is 3.12 bits per heavy atom. The molecule has 0 saturated carbocycles. The van der Waals surface area contributed by atoms with Crippen LogP contribution < -0.4 is 10.6 Å². The van der Waals surface area contributed by atoms with Gasteiger partial charge in [0.15, 0.2) is 0 Å². The van der Waals surface area contributed by atoms with E-state index in [1.54, 1.807) is 6.20 Å². The van der Waals surface area contributed by atoms with Gasteiger partial charge in [-0.1, -0.05) is 6.92 Å². The van der Waals surface area contributed by atoms with Crippen LogP contribution in [0.5, 0.6) is 0 Å². The summed E-state index contributed by atoms with van der Waals surface area (Å²) in [6, 6.07) is 0.257. The largest absolute Gasteiger partial charge is 0.313 e. The summed E-state index contributed by atoms with van der Waals surface area (Å²) in [5, 5.41) is 12.9. The van der Waals surface area contributed by atoms with Gasteiger partial charge in [0.05, 0.1) is 12.1 Å². The molecule has 2 heterocycles. The highest BCUT2D eigenvalue weighted by molar-refractivity contribution is 5.92. The highest BCUT2D eigenvalue weighted by Gasteiger charge is 2.29. The van der Waals surface area contributed by atoms with Gasteiger partial charge in [0.2, 0.25) is 5.91 Å². The van der Waals surface area contributed by atoms with E-state index in [4.69, 9.17) is 0 Å². The van der Waals surface area contributed by atoms with Crippen molar-refractivity contribution in [2.24, 2.45) is 5.92 Å². The lowest BCUT2D eigenvalue weighted by Crippen LogP contribution is -2.32. The Bertz CT molecular complexity index is 374. The molecular weight excluding hydrogens is 204 g/mol. The van der Waals surface area contributed by atoms with E-state index in [2.05, 4.69) is 20.8 Å². The number of amides is 1. The van der Waals surface area contributed by atoms with Crippen molar-refractivity contribution in [3.8, 4) is 0 Å². The molecule has 1 aliphatic rings. The molecule has 2 rings (SSSR count). The van der Waals surface area contributed by atoms with E-state index in [1.807, 2.05) is 13.8 Å². The Labute approximate surface area is 95.0 Å². The first kappa shape index (κ1) is 11.1. The topological polar surface area (TPSA) is 69.8 Å². The van der Waals surface area contributed by atoms with Crippen molar-refractivity contribution in [1.82, 2.24) is 15.5 Å². The number of aromatic nitrogens is 2. The summed E-state index contributed by atoms with van der Waals surface area (Å²) in [5.41, 5.74) is 1.05. The average Bonchev–Trinajstić information content (AvgIpc) is 2.86. The number of carbonyl (C=O) groups excluding carboxylic acids is 1. The van der Waals surface area contributed by atoms with E-state index in [0.717, 1.165) is 30.8 Å². The second-order valence-electron chi connectivity index (χ2n) is 4.25. The maximum atomic E-state index is 12.0. The van der Waals surface area contributed by atoms with E-state index in [-0.39, 0.29) is 17.9 Å². The summed E-state index contributed by atoms with van der Waals surface area (Å²) < 4.78 is 0. The van der Waals surface area contributed by atoms with Crippen molar-refractivity contribution >= 4 is 11.7 Å². The summed E-state index contributed by atoms with van der Waals surface area (Å²) in [7, 11) is 0. The molecule has 0 radical (unpaired) electrons. The minimum atomic E-state index is 0.0630. The third kappa shape index (κ3) is 2.09. The number of nitrogens with one attached hydrogen (secondary N) is 3. The van der Waals surface area contributed by atoms with Gasteiger partial charge in [-0.3, -0.25) is 9.89 Å². The normalized spacial score (nSPS) is 24.6. The predicted molar refractivity (Wildman–Crippen MR) is 62.2 cm³/mol. The summed E-state index contributed by atoms with van der Waals surface area (Å²) >= 11 is 0. The number of aromatic amines is 1. The molecule has 1 fully saturated rings. The van der Waals surface area contributed by atoms with Crippen LogP contribution in [-0.2, 0) is 11.2 Å². The van der Waals surface area contributed by atoms with E-state index >= 15 is 0 Å². The highest BCUT2D eigenvalue weighted by Crippen LogP contribution is 2.18.